The fourth-order valence-corrected chi connectivity index (χ4v) is 1.82. The minimum absolute atomic E-state index is 0.199. The molecule has 0 amide bonds. The first-order valence-electron chi connectivity index (χ1n) is 5.22. The Hall–Kier alpha value is -1.22. The van der Waals surface area contributed by atoms with E-state index in [0.717, 1.165) is 25.1 Å². The fraction of sp³-hybridized carbons (Fsp3) is 0.417. The van der Waals surface area contributed by atoms with Crippen LogP contribution in [0.15, 0.2) is 24.3 Å². The van der Waals surface area contributed by atoms with Crippen LogP contribution in [0, 0.1) is 5.82 Å². The Morgan fingerprint density at radius 3 is 2.60 bits per heavy atom. The van der Waals surface area contributed by atoms with Gasteiger partial charge in [-0.3, -0.25) is 9.69 Å². The largest absolute Gasteiger partial charge is 0.298 e. The van der Waals surface area contributed by atoms with Gasteiger partial charge in [0.2, 0.25) is 0 Å². The van der Waals surface area contributed by atoms with E-state index in [1.165, 1.54) is 12.1 Å². The van der Waals surface area contributed by atoms with Crippen LogP contribution in [0.1, 0.15) is 12.0 Å². The molecule has 0 atom stereocenters. The van der Waals surface area contributed by atoms with Crippen molar-refractivity contribution < 1.29 is 9.18 Å². The molecule has 1 aliphatic heterocycles. The second-order valence-corrected chi connectivity index (χ2v) is 3.94. The van der Waals surface area contributed by atoms with Crippen LogP contribution in [-0.2, 0) is 11.2 Å². The van der Waals surface area contributed by atoms with E-state index in [0.29, 0.717) is 18.7 Å². The molecule has 0 N–H and O–H groups in total. The number of carbonyl (C=O) groups excluding carboxylic acids is 1. The molecular weight excluding hydrogens is 193 g/mol. The lowest BCUT2D eigenvalue weighted by Crippen LogP contribution is -2.23. The van der Waals surface area contributed by atoms with Crippen molar-refractivity contribution in [1.82, 2.24) is 4.90 Å². The van der Waals surface area contributed by atoms with E-state index < -0.39 is 0 Å². The summed E-state index contributed by atoms with van der Waals surface area (Å²) in [6, 6.07) is 6.55. The van der Waals surface area contributed by atoms with Gasteiger partial charge in [-0.1, -0.05) is 12.1 Å². The average molecular weight is 207 g/mol. The molecule has 2 rings (SSSR count). The molecule has 1 fully saturated rings. The number of rotatable bonds is 3. The Labute approximate surface area is 88.7 Å². The van der Waals surface area contributed by atoms with Crippen LogP contribution >= 0.6 is 0 Å². The molecule has 1 aromatic rings. The Morgan fingerprint density at radius 2 is 2.00 bits per heavy atom. The molecule has 2 nitrogen and oxygen atoms in total. The number of Topliss-reactive ketones (excluding diaryl/α,β-unsaturated/α-hetero) is 1. The second-order valence-electron chi connectivity index (χ2n) is 3.94. The third-order valence-electron chi connectivity index (χ3n) is 2.74. The number of hydrogen-bond donors (Lipinski definition) is 0. The van der Waals surface area contributed by atoms with Crippen LogP contribution in [0.5, 0.6) is 0 Å². The number of halogens is 1. The van der Waals surface area contributed by atoms with Crippen molar-refractivity contribution in [1.29, 1.82) is 0 Å². The second kappa shape index (κ2) is 4.53. The zero-order valence-corrected chi connectivity index (χ0v) is 8.58. The van der Waals surface area contributed by atoms with Gasteiger partial charge in [0.15, 0.2) is 0 Å². The minimum Gasteiger partial charge on any atom is -0.298 e. The number of hydrogen-bond acceptors (Lipinski definition) is 2. The van der Waals surface area contributed by atoms with Crippen molar-refractivity contribution in [3.05, 3.63) is 35.6 Å². The highest BCUT2D eigenvalue weighted by Crippen LogP contribution is 2.08. The molecule has 1 aromatic carbocycles. The van der Waals surface area contributed by atoms with Crippen LogP contribution in [0.2, 0.25) is 0 Å². The lowest BCUT2D eigenvalue weighted by Gasteiger charge is -2.12. The molecule has 1 heterocycles. The maximum atomic E-state index is 12.6. The van der Waals surface area contributed by atoms with E-state index in [4.69, 9.17) is 0 Å². The van der Waals surface area contributed by atoms with Gasteiger partial charge in [-0.25, -0.2) is 4.39 Å². The van der Waals surface area contributed by atoms with Crippen molar-refractivity contribution in [2.45, 2.75) is 12.8 Å². The quantitative estimate of drug-likeness (QED) is 0.751. The third kappa shape index (κ3) is 2.86. The lowest BCUT2D eigenvalue weighted by atomic mass is 10.1. The van der Waals surface area contributed by atoms with Crippen LogP contribution in [0.25, 0.3) is 0 Å². The summed E-state index contributed by atoms with van der Waals surface area (Å²) in [5.74, 6) is 0.129. The van der Waals surface area contributed by atoms with Gasteiger partial charge in [0.25, 0.3) is 0 Å². The highest BCUT2D eigenvalue weighted by Gasteiger charge is 2.18. The van der Waals surface area contributed by atoms with Crippen LogP contribution in [0.3, 0.4) is 0 Å². The summed E-state index contributed by atoms with van der Waals surface area (Å²) in [6.07, 6.45) is 1.57. The maximum absolute atomic E-state index is 12.6. The predicted octanol–water partition coefficient (Wildman–Crippen LogP) is 1.64. The van der Waals surface area contributed by atoms with E-state index in [1.54, 1.807) is 12.1 Å². The molecule has 0 radical (unpaired) electrons. The van der Waals surface area contributed by atoms with Crippen molar-refractivity contribution >= 4 is 5.78 Å². The van der Waals surface area contributed by atoms with Gasteiger partial charge in [-0.05, 0) is 24.1 Å². The van der Waals surface area contributed by atoms with Crippen LogP contribution in [0.4, 0.5) is 4.39 Å². The number of carbonyl (C=O) groups is 1. The predicted molar refractivity (Wildman–Crippen MR) is 56.2 cm³/mol. The van der Waals surface area contributed by atoms with Gasteiger partial charge in [0.05, 0.1) is 6.54 Å². The Balaban J connectivity index is 1.83. The first kappa shape index (κ1) is 10.3. The standard InChI is InChI=1S/C12H14FNO/c13-11-3-1-10(2-4-11)5-7-14-8-6-12(15)9-14/h1-4H,5-9H2. The van der Waals surface area contributed by atoms with Gasteiger partial charge < -0.3 is 0 Å². The van der Waals surface area contributed by atoms with Gasteiger partial charge in [0, 0.05) is 19.5 Å². The summed E-state index contributed by atoms with van der Waals surface area (Å²) in [5.41, 5.74) is 1.12. The third-order valence-corrected chi connectivity index (χ3v) is 2.74. The van der Waals surface area contributed by atoms with Gasteiger partial charge in [-0.15, -0.1) is 0 Å². The van der Waals surface area contributed by atoms with Crippen molar-refractivity contribution in [3.63, 3.8) is 0 Å². The summed E-state index contributed by atoms with van der Waals surface area (Å²) < 4.78 is 12.6. The van der Waals surface area contributed by atoms with E-state index in [2.05, 4.69) is 4.90 Å². The Morgan fingerprint density at radius 1 is 1.27 bits per heavy atom. The molecule has 0 saturated carbocycles. The summed E-state index contributed by atoms with van der Waals surface area (Å²) >= 11 is 0. The molecule has 80 valence electrons. The van der Waals surface area contributed by atoms with Crippen molar-refractivity contribution in [2.75, 3.05) is 19.6 Å². The Bertz CT molecular complexity index is 347. The van der Waals surface area contributed by atoms with Crippen LogP contribution < -0.4 is 0 Å². The molecule has 0 unspecified atom stereocenters. The molecule has 0 aromatic heterocycles. The highest BCUT2D eigenvalue weighted by molar-refractivity contribution is 5.82. The topological polar surface area (TPSA) is 20.3 Å². The molecule has 3 heteroatoms. The molecule has 1 aliphatic rings. The van der Waals surface area contributed by atoms with E-state index in [-0.39, 0.29) is 5.82 Å². The van der Waals surface area contributed by atoms with E-state index >= 15 is 0 Å². The maximum Gasteiger partial charge on any atom is 0.148 e. The van der Waals surface area contributed by atoms with Gasteiger partial charge in [-0.2, -0.15) is 0 Å². The minimum atomic E-state index is -0.199. The zero-order valence-electron chi connectivity index (χ0n) is 8.58. The van der Waals surface area contributed by atoms with Gasteiger partial charge in [0.1, 0.15) is 11.6 Å². The van der Waals surface area contributed by atoms with Gasteiger partial charge >= 0.3 is 0 Å². The lowest BCUT2D eigenvalue weighted by molar-refractivity contribution is -0.116. The first-order chi connectivity index (χ1) is 7.24. The molecule has 0 aliphatic carbocycles. The summed E-state index contributed by atoms with van der Waals surface area (Å²) in [4.78, 5) is 13.2. The number of benzene rings is 1. The fourth-order valence-electron chi connectivity index (χ4n) is 1.82. The summed E-state index contributed by atoms with van der Waals surface area (Å²) in [7, 11) is 0. The summed E-state index contributed by atoms with van der Waals surface area (Å²) in [6.45, 7) is 2.35. The summed E-state index contributed by atoms with van der Waals surface area (Å²) in [5, 5.41) is 0. The number of ketones is 1. The average Bonchev–Trinajstić information content (AvgIpc) is 2.64. The van der Waals surface area contributed by atoms with E-state index in [1.807, 2.05) is 0 Å². The SMILES string of the molecule is O=C1CCN(CCc2ccc(F)cc2)C1. The number of nitrogens with zero attached hydrogens (tertiary/aromatic N) is 1. The molecule has 15 heavy (non-hydrogen) atoms. The smallest absolute Gasteiger partial charge is 0.148 e. The monoisotopic (exact) mass is 207 g/mol. The normalized spacial score (nSPS) is 17.3. The molecular formula is C12H14FNO. The molecule has 0 bridgehead atoms. The van der Waals surface area contributed by atoms with Crippen LogP contribution in [-0.4, -0.2) is 30.3 Å². The zero-order chi connectivity index (χ0) is 10.7. The highest BCUT2D eigenvalue weighted by atomic mass is 19.1. The molecule has 1 saturated heterocycles. The Kier molecular flexibility index (Phi) is 3.11. The van der Waals surface area contributed by atoms with Crippen molar-refractivity contribution in [3.8, 4) is 0 Å². The number of likely N-dealkylation sites (tertiary alicyclic amines) is 1. The van der Waals surface area contributed by atoms with Crippen molar-refractivity contribution in [2.24, 2.45) is 0 Å². The molecule has 0 spiro atoms. The first-order valence-corrected chi connectivity index (χ1v) is 5.22. The van der Waals surface area contributed by atoms with E-state index in [9.17, 15) is 9.18 Å².